The van der Waals surface area contributed by atoms with Gasteiger partial charge in [-0.1, -0.05) is 137 Å². The average molecular weight is 538 g/mol. The Hall–Kier alpha value is -2.73. The van der Waals surface area contributed by atoms with Gasteiger partial charge in [0.05, 0.1) is 0 Å². The van der Waals surface area contributed by atoms with Gasteiger partial charge in [-0.05, 0) is 76.2 Å². The highest BCUT2D eigenvalue weighted by atomic mass is 14.3. The van der Waals surface area contributed by atoms with E-state index in [2.05, 4.69) is 149 Å². The first-order valence-electron chi connectivity index (χ1n) is 15.4. The van der Waals surface area contributed by atoms with Crippen LogP contribution in [0.1, 0.15) is 114 Å². The normalized spacial score (nSPS) is 21.6. The van der Waals surface area contributed by atoms with Crippen molar-refractivity contribution in [1.82, 2.24) is 0 Å². The Morgan fingerprint density at radius 3 is 1.95 bits per heavy atom. The van der Waals surface area contributed by atoms with Gasteiger partial charge in [-0.25, -0.2) is 0 Å². The van der Waals surface area contributed by atoms with Crippen LogP contribution < -0.4 is 0 Å². The monoisotopic (exact) mass is 537 g/mol. The molecule has 2 aliphatic rings. The lowest BCUT2D eigenvalue weighted by Crippen LogP contribution is -2.20. The Morgan fingerprint density at radius 2 is 1.27 bits per heavy atom. The van der Waals surface area contributed by atoms with E-state index in [-0.39, 0.29) is 0 Å². The lowest BCUT2D eigenvalue weighted by molar-refractivity contribution is 0.373. The molecule has 2 rings (SSSR count). The van der Waals surface area contributed by atoms with Gasteiger partial charge >= 0.3 is 0 Å². The Bertz CT molecular complexity index is 1170. The number of hydrogen-bond acceptors (Lipinski definition) is 0. The van der Waals surface area contributed by atoms with E-state index in [4.69, 9.17) is 0 Å². The molecule has 0 bridgehead atoms. The van der Waals surface area contributed by atoms with Crippen LogP contribution in [-0.2, 0) is 0 Å². The van der Waals surface area contributed by atoms with Crippen LogP contribution in [0.3, 0.4) is 0 Å². The van der Waals surface area contributed by atoms with E-state index in [1.54, 1.807) is 11.1 Å². The zero-order valence-electron chi connectivity index (χ0n) is 27.5. The molecule has 0 fully saturated rings. The SMILES string of the molecule is CC1=C(/C=C/C(C)=C/C=C/C(C)=C/C=C/C/C(C)=C/C=C/C(C)=C/[CH-]C2=C(C)CCCC2(C)C)C(C)(C)CCC1. The minimum absolute atomic E-state index is 0.294. The van der Waals surface area contributed by atoms with Crippen molar-refractivity contribution in [3.63, 3.8) is 0 Å². The molecular weight excluding hydrogens is 480 g/mol. The van der Waals surface area contributed by atoms with Crippen LogP contribution in [0.15, 0.2) is 117 Å². The number of rotatable bonds is 11. The molecule has 0 amide bonds. The van der Waals surface area contributed by atoms with Crippen molar-refractivity contribution in [2.24, 2.45) is 10.8 Å². The summed E-state index contributed by atoms with van der Waals surface area (Å²) in [5, 5.41) is 0. The zero-order chi connectivity index (χ0) is 29.8. The first-order chi connectivity index (χ1) is 18.8. The van der Waals surface area contributed by atoms with E-state index in [1.807, 2.05) is 0 Å². The van der Waals surface area contributed by atoms with Gasteiger partial charge < -0.3 is 0 Å². The standard InChI is InChI=1S/C40H57/c1-31(19-13-21-33(3)25-27-37-35(5)23-15-29-39(37,7)8)17-11-12-18-32(2)20-14-22-34(4)26-28-38-36(6)24-16-30-40(38,9)10/h11-14,17,19-22,25-28H,15-16,18,23-24,29-30H2,1-10H3/q-1/b12-11+,19-13+,22-14+,27-25+,31-17+,32-20+,33-21+,34-26+. The van der Waals surface area contributed by atoms with Gasteiger partial charge in [0.1, 0.15) is 0 Å². The van der Waals surface area contributed by atoms with E-state index in [0.29, 0.717) is 10.8 Å². The molecule has 0 spiro atoms. The van der Waals surface area contributed by atoms with Crippen molar-refractivity contribution in [1.29, 1.82) is 0 Å². The summed E-state index contributed by atoms with van der Waals surface area (Å²) in [4.78, 5) is 0. The third kappa shape index (κ3) is 11.4. The van der Waals surface area contributed by atoms with Crippen LogP contribution in [0.25, 0.3) is 0 Å². The highest BCUT2D eigenvalue weighted by Gasteiger charge is 2.26. The molecule has 0 heteroatoms. The fraction of sp³-hybridized carbons (Fsp3) is 0.475. The van der Waals surface area contributed by atoms with Crippen molar-refractivity contribution >= 4 is 0 Å². The maximum Gasteiger partial charge on any atom is -0.0104 e. The van der Waals surface area contributed by atoms with Crippen LogP contribution in [0.5, 0.6) is 0 Å². The first kappa shape index (κ1) is 33.5. The third-order valence-electron chi connectivity index (χ3n) is 8.50. The maximum atomic E-state index is 2.38. The van der Waals surface area contributed by atoms with E-state index in [9.17, 15) is 0 Å². The van der Waals surface area contributed by atoms with Gasteiger partial charge in [-0.15, -0.1) is 11.6 Å². The summed E-state index contributed by atoms with van der Waals surface area (Å²) in [5.41, 5.74) is 11.9. The van der Waals surface area contributed by atoms with Crippen LogP contribution >= 0.6 is 0 Å². The van der Waals surface area contributed by atoms with E-state index >= 15 is 0 Å². The Morgan fingerprint density at radius 1 is 0.700 bits per heavy atom. The lowest BCUT2D eigenvalue weighted by Gasteiger charge is -2.39. The van der Waals surface area contributed by atoms with Gasteiger partial charge in [-0.3, -0.25) is 0 Å². The largest absolute Gasteiger partial charge is 0.168 e. The summed E-state index contributed by atoms with van der Waals surface area (Å²) in [6.45, 7) is 22.8. The zero-order valence-corrected chi connectivity index (χ0v) is 27.5. The molecule has 0 aromatic rings. The molecule has 0 aliphatic heterocycles. The van der Waals surface area contributed by atoms with Gasteiger partial charge in [0, 0.05) is 0 Å². The summed E-state index contributed by atoms with van der Waals surface area (Å²) >= 11 is 0. The predicted octanol–water partition coefficient (Wildman–Crippen LogP) is 12.6. The molecule has 40 heavy (non-hydrogen) atoms. The van der Waals surface area contributed by atoms with Gasteiger partial charge in [0.15, 0.2) is 0 Å². The van der Waals surface area contributed by atoms with Crippen LogP contribution in [-0.4, -0.2) is 0 Å². The molecule has 0 saturated carbocycles. The first-order valence-corrected chi connectivity index (χ1v) is 15.4. The molecule has 0 radical (unpaired) electrons. The molecular formula is C40H57-. The Kier molecular flexibility index (Phi) is 13.3. The highest BCUT2D eigenvalue weighted by molar-refractivity contribution is 5.38. The van der Waals surface area contributed by atoms with Crippen molar-refractivity contribution in [3.05, 3.63) is 124 Å². The molecule has 0 heterocycles. The second kappa shape index (κ2) is 15.9. The van der Waals surface area contributed by atoms with Crippen LogP contribution in [0.4, 0.5) is 0 Å². The number of allylic oxidation sites excluding steroid dienone is 20. The van der Waals surface area contributed by atoms with Gasteiger partial charge in [0.2, 0.25) is 0 Å². The van der Waals surface area contributed by atoms with Crippen molar-refractivity contribution in [2.75, 3.05) is 0 Å². The Balaban J connectivity index is 1.83. The number of hydrogen-bond donors (Lipinski definition) is 0. The summed E-state index contributed by atoms with van der Waals surface area (Å²) in [5.74, 6) is 0. The molecule has 0 unspecified atom stereocenters. The summed E-state index contributed by atoms with van der Waals surface area (Å²) in [6, 6.07) is 0. The molecule has 0 aromatic heterocycles. The summed E-state index contributed by atoms with van der Waals surface area (Å²) < 4.78 is 0. The maximum absolute atomic E-state index is 2.38. The Labute approximate surface area is 248 Å². The molecule has 0 nitrogen and oxygen atoms in total. The second-order valence-electron chi connectivity index (χ2n) is 13.5. The third-order valence-corrected chi connectivity index (χ3v) is 8.50. The molecule has 0 atom stereocenters. The van der Waals surface area contributed by atoms with E-state index in [1.165, 1.54) is 72.0 Å². The van der Waals surface area contributed by atoms with Crippen molar-refractivity contribution < 1.29 is 0 Å². The fourth-order valence-corrected chi connectivity index (χ4v) is 5.87. The average Bonchev–Trinajstić information content (AvgIpc) is 2.85. The quantitative estimate of drug-likeness (QED) is 0.182. The molecule has 0 N–H and O–H groups in total. The molecule has 2 aliphatic carbocycles. The molecule has 0 saturated heterocycles. The molecule has 218 valence electrons. The lowest BCUT2D eigenvalue weighted by atomic mass is 9.71. The van der Waals surface area contributed by atoms with Crippen LogP contribution in [0.2, 0.25) is 0 Å². The molecule has 0 aromatic carbocycles. The smallest absolute Gasteiger partial charge is 0.0104 e. The minimum Gasteiger partial charge on any atom is -0.168 e. The van der Waals surface area contributed by atoms with Gasteiger partial charge in [0.25, 0.3) is 0 Å². The van der Waals surface area contributed by atoms with Crippen molar-refractivity contribution in [3.8, 4) is 0 Å². The van der Waals surface area contributed by atoms with Crippen molar-refractivity contribution in [2.45, 2.75) is 114 Å². The van der Waals surface area contributed by atoms with E-state index in [0.717, 1.165) is 6.42 Å². The fourth-order valence-electron chi connectivity index (χ4n) is 5.87. The second-order valence-corrected chi connectivity index (χ2v) is 13.5. The van der Waals surface area contributed by atoms with Gasteiger partial charge in [-0.2, -0.15) is 23.6 Å². The highest BCUT2D eigenvalue weighted by Crippen LogP contribution is 2.42. The van der Waals surface area contributed by atoms with Crippen LogP contribution in [0, 0.1) is 17.3 Å². The summed E-state index contributed by atoms with van der Waals surface area (Å²) in [6.07, 6.45) is 37.6. The summed E-state index contributed by atoms with van der Waals surface area (Å²) in [7, 11) is 0. The topological polar surface area (TPSA) is 0 Å². The predicted molar refractivity (Wildman–Crippen MR) is 181 cm³/mol. The minimum atomic E-state index is 0.294. The van der Waals surface area contributed by atoms with E-state index < -0.39 is 0 Å².